The number of halogens is 2. The summed E-state index contributed by atoms with van der Waals surface area (Å²) < 4.78 is 21.7. The van der Waals surface area contributed by atoms with Crippen molar-refractivity contribution in [3.63, 3.8) is 0 Å². The van der Waals surface area contributed by atoms with E-state index in [1.165, 1.54) is 17.1 Å². The number of hydrogen-bond donors (Lipinski definition) is 0. The van der Waals surface area contributed by atoms with Gasteiger partial charge in [-0.1, -0.05) is 46.3 Å². The Hall–Kier alpha value is -2.58. The number of amides is 1. The standard InChI is InChI=1S/C23H24BrFN4O2/c1-28-15-26-22(27-28)23(30)29(19-7-9-31-10-8-19)14-17-5-6-21(25)20(12-17)18-4-2-3-16(11-18)13-24/h2-6,11-12,15,19H,7-10,13-14H2,1H3. The molecular formula is C23H24BrFN4O2. The minimum absolute atomic E-state index is 0.0234. The van der Waals surface area contributed by atoms with Gasteiger partial charge in [-0.3, -0.25) is 9.48 Å². The Balaban J connectivity index is 1.65. The highest BCUT2D eigenvalue weighted by molar-refractivity contribution is 9.08. The zero-order valence-corrected chi connectivity index (χ0v) is 18.9. The molecule has 1 fully saturated rings. The van der Waals surface area contributed by atoms with E-state index in [9.17, 15) is 9.18 Å². The van der Waals surface area contributed by atoms with E-state index in [0.29, 0.717) is 30.7 Å². The Morgan fingerprint density at radius 3 is 2.74 bits per heavy atom. The third-order valence-electron chi connectivity index (χ3n) is 5.46. The second-order valence-electron chi connectivity index (χ2n) is 7.67. The molecule has 0 aliphatic carbocycles. The van der Waals surface area contributed by atoms with Crippen LogP contribution in [0, 0.1) is 5.82 Å². The molecule has 8 heteroatoms. The molecule has 0 unspecified atom stereocenters. The molecule has 1 aliphatic rings. The van der Waals surface area contributed by atoms with Gasteiger partial charge in [0.15, 0.2) is 0 Å². The lowest BCUT2D eigenvalue weighted by Gasteiger charge is -2.34. The van der Waals surface area contributed by atoms with E-state index in [2.05, 4.69) is 26.0 Å². The van der Waals surface area contributed by atoms with E-state index in [0.717, 1.165) is 29.5 Å². The zero-order valence-electron chi connectivity index (χ0n) is 17.3. The maximum Gasteiger partial charge on any atom is 0.294 e. The van der Waals surface area contributed by atoms with Crippen LogP contribution < -0.4 is 0 Å². The molecule has 3 aromatic rings. The first-order valence-electron chi connectivity index (χ1n) is 10.2. The lowest BCUT2D eigenvalue weighted by atomic mass is 9.99. The van der Waals surface area contributed by atoms with Crippen molar-refractivity contribution in [3.05, 3.63) is 71.6 Å². The fourth-order valence-corrected chi connectivity index (χ4v) is 4.19. The molecule has 1 aromatic heterocycles. The van der Waals surface area contributed by atoms with Gasteiger partial charge in [-0.05, 0) is 41.7 Å². The molecule has 1 aliphatic heterocycles. The summed E-state index contributed by atoms with van der Waals surface area (Å²) in [6.07, 6.45) is 3.02. The van der Waals surface area contributed by atoms with Gasteiger partial charge < -0.3 is 9.64 Å². The number of benzene rings is 2. The molecule has 0 radical (unpaired) electrons. The third kappa shape index (κ3) is 5.02. The molecule has 1 amide bonds. The highest BCUT2D eigenvalue weighted by Gasteiger charge is 2.29. The number of carbonyl (C=O) groups is 1. The predicted octanol–water partition coefficient (Wildman–Crippen LogP) is 4.34. The summed E-state index contributed by atoms with van der Waals surface area (Å²) in [4.78, 5) is 19.2. The fourth-order valence-electron chi connectivity index (χ4n) is 3.84. The van der Waals surface area contributed by atoms with Crippen LogP contribution in [0.15, 0.2) is 48.8 Å². The van der Waals surface area contributed by atoms with Gasteiger partial charge in [-0.15, -0.1) is 5.10 Å². The third-order valence-corrected chi connectivity index (χ3v) is 6.11. The fraction of sp³-hybridized carbons (Fsp3) is 0.348. The van der Waals surface area contributed by atoms with E-state index in [1.807, 2.05) is 30.3 Å². The van der Waals surface area contributed by atoms with Gasteiger partial charge in [-0.25, -0.2) is 9.37 Å². The topological polar surface area (TPSA) is 60.2 Å². The smallest absolute Gasteiger partial charge is 0.294 e. The molecule has 1 saturated heterocycles. The molecule has 4 rings (SSSR count). The molecule has 0 N–H and O–H groups in total. The summed E-state index contributed by atoms with van der Waals surface area (Å²) in [5.41, 5.74) is 3.27. The lowest BCUT2D eigenvalue weighted by Crippen LogP contribution is -2.43. The van der Waals surface area contributed by atoms with Crippen molar-refractivity contribution in [1.82, 2.24) is 19.7 Å². The van der Waals surface area contributed by atoms with Crippen LogP contribution in [0.2, 0.25) is 0 Å². The second-order valence-corrected chi connectivity index (χ2v) is 8.23. The van der Waals surface area contributed by atoms with Gasteiger partial charge in [-0.2, -0.15) is 0 Å². The van der Waals surface area contributed by atoms with Crippen LogP contribution in [0.5, 0.6) is 0 Å². The average molecular weight is 487 g/mol. The van der Waals surface area contributed by atoms with E-state index in [4.69, 9.17) is 4.74 Å². The normalized spacial score (nSPS) is 14.5. The molecule has 31 heavy (non-hydrogen) atoms. The van der Waals surface area contributed by atoms with Crippen molar-refractivity contribution >= 4 is 21.8 Å². The number of ether oxygens (including phenoxy) is 1. The van der Waals surface area contributed by atoms with Crippen molar-refractivity contribution in [2.75, 3.05) is 13.2 Å². The number of alkyl halides is 1. The number of carbonyl (C=O) groups excluding carboxylic acids is 1. The highest BCUT2D eigenvalue weighted by atomic mass is 79.9. The quantitative estimate of drug-likeness (QED) is 0.486. The summed E-state index contributed by atoms with van der Waals surface area (Å²) in [6.45, 7) is 1.57. The van der Waals surface area contributed by atoms with Crippen LogP contribution in [-0.2, 0) is 23.7 Å². The maximum absolute atomic E-state index is 14.7. The molecule has 0 atom stereocenters. The molecule has 0 saturated carbocycles. The van der Waals surface area contributed by atoms with E-state index in [-0.39, 0.29) is 23.6 Å². The largest absolute Gasteiger partial charge is 0.381 e. The monoisotopic (exact) mass is 486 g/mol. The minimum Gasteiger partial charge on any atom is -0.381 e. The molecule has 0 bridgehead atoms. The van der Waals surface area contributed by atoms with Crippen LogP contribution in [-0.4, -0.2) is 44.8 Å². The number of hydrogen-bond acceptors (Lipinski definition) is 4. The van der Waals surface area contributed by atoms with Crippen LogP contribution in [0.4, 0.5) is 4.39 Å². The summed E-state index contributed by atoms with van der Waals surface area (Å²) in [5, 5.41) is 4.88. The lowest BCUT2D eigenvalue weighted by molar-refractivity contribution is 0.0260. The van der Waals surface area contributed by atoms with Gasteiger partial charge >= 0.3 is 0 Å². The SMILES string of the molecule is Cn1cnc(C(=O)N(Cc2ccc(F)c(-c3cccc(CBr)c3)c2)C2CCOCC2)n1. The minimum atomic E-state index is -0.286. The van der Waals surface area contributed by atoms with Gasteiger partial charge in [0.2, 0.25) is 5.82 Å². The Labute approximate surface area is 189 Å². The van der Waals surface area contributed by atoms with Crippen LogP contribution >= 0.6 is 15.9 Å². The molecule has 0 spiro atoms. The first-order chi connectivity index (χ1) is 15.0. The van der Waals surface area contributed by atoms with Gasteiger partial charge in [0, 0.05) is 43.7 Å². The van der Waals surface area contributed by atoms with Crippen molar-refractivity contribution in [3.8, 4) is 11.1 Å². The van der Waals surface area contributed by atoms with Crippen LogP contribution in [0.1, 0.15) is 34.6 Å². The van der Waals surface area contributed by atoms with Crippen molar-refractivity contribution in [2.45, 2.75) is 30.8 Å². The van der Waals surface area contributed by atoms with E-state index in [1.54, 1.807) is 18.0 Å². The van der Waals surface area contributed by atoms with Crippen LogP contribution in [0.3, 0.4) is 0 Å². The summed E-state index contributed by atoms with van der Waals surface area (Å²) in [7, 11) is 1.73. The Bertz CT molecular complexity index is 1070. The number of nitrogens with zero attached hydrogens (tertiary/aromatic N) is 4. The number of aromatic nitrogens is 3. The molecular weight excluding hydrogens is 463 g/mol. The van der Waals surface area contributed by atoms with Crippen LogP contribution in [0.25, 0.3) is 11.1 Å². The molecule has 2 aromatic carbocycles. The van der Waals surface area contributed by atoms with Gasteiger partial charge in [0.05, 0.1) is 0 Å². The number of aryl methyl sites for hydroxylation is 1. The zero-order chi connectivity index (χ0) is 21.8. The summed E-state index contributed by atoms with van der Waals surface area (Å²) in [5.74, 6) is -0.341. The second kappa shape index (κ2) is 9.70. The van der Waals surface area contributed by atoms with Crippen molar-refractivity contribution in [1.29, 1.82) is 0 Å². The Kier molecular flexibility index (Phi) is 6.77. The van der Waals surface area contributed by atoms with Crippen molar-refractivity contribution < 1.29 is 13.9 Å². The Morgan fingerprint density at radius 2 is 2.03 bits per heavy atom. The van der Waals surface area contributed by atoms with Gasteiger partial charge in [0.25, 0.3) is 5.91 Å². The average Bonchev–Trinajstić information content (AvgIpc) is 3.25. The van der Waals surface area contributed by atoms with E-state index < -0.39 is 0 Å². The Morgan fingerprint density at radius 1 is 1.23 bits per heavy atom. The maximum atomic E-state index is 14.7. The molecule has 2 heterocycles. The van der Waals surface area contributed by atoms with Gasteiger partial charge in [0.1, 0.15) is 12.1 Å². The van der Waals surface area contributed by atoms with Crippen molar-refractivity contribution in [2.24, 2.45) is 7.05 Å². The summed E-state index contributed by atoms with van der Waals surface area (Å²) in [6, 6.07) is 12.8. The van der Waals surface area contributed by atoms with E-state index >= 15 is 0 Å². The first kappa shape index (κ1) is 21.6. The molecule has 162 valence electrons. The predicted molar refractivity (Wildman–Crippen MR) is 119 cm³/mol. The molecule has 6 nitrogen and oxygen atoms in total. The highest BCUT2D eigenvalue weighted by Crippen LogP contribution is 2.27. The summed E-state index contributed by atoms with van der Waals surface area (Å²) >= 11 is 3.45. The first-order valence-corrected chi connectivity index (χ1v) is 11.4. The number of rotatable bonds is 6.